The Morgan fingerprint density at radius 2 is 1.88 bits per heavy atom. The maximum absolute atomic E-state index is 12.4. The monoisotopic (exact) mass is 338 g/mol. The number of hydrogen-bond donors (Lipinski definition) is 2. The predicted molar refractivity (Wildman–Crippen MR) is 91.5 cm³/mol. The van der Waals surface area contributed by atoms with Crippen LogP contribution in [0.4, 0.5) is 5.69 Å². The normalized spacial score (nSPS) is 21.0. The van der Waals surface area contributed by atoms with Gasteiger partial charge in [-0.3, -0.25) is 9.59 Å². The molecule has 0 spiro atoms. The fourth-order valence-corrected chi connectivity index (χ4v) is 3.14. The molecule has 0 aromatic heterocycles. The molecule has 128 valence electrons. The molecule has 0 saturated heterocycles. The van der Waals surface area contributed by atoms with Crippen LogP contribution in [0, 0.1) is 0 Å². The molecule has 2 N–H and O–H groups in total. The second-order valence-electron chi connectivity index (χ2n) is 6.09. The maximum atomic E-state index is 12.4. The zero-order valence-corrected chi connectivity index (χ0v) is 13.5. The lowest BCUT2D eigenvalue weighted by atomic mass is 10.00. The number of anilines is 1. The molecular weight excluding hydrogens is 320 g/mol. The van der Waals surface area contributed by atoms with Crippen molar-refractivity contribution in [2.75, 3.05) is 11.9 Å². The Balaban J connectivity index is 1.43. The summed E-state index contributed by atoms with van der Waals surface area (Å²) >= 11 is 0. The van der Waals surface area contributed by atoms with Crippen molar-refractivity contribution in [3.63, 3.8) is 0 Å². The van der Waals surface area contributed by atoms with Gasteiger partial charge >= 0.3 is 0 Å². The van der Waals surface area contributed by atoms with E-state index >= 15 is 0 Å². The molecule has 25 heavy (non-hydrogen) atoms. The van der Waals surface area contributed by atoms with E-state index in [2.05, 4.69) is 10.6 Å². The molecule has 2 aromatic rings. The number of rotatable bonds is 3. The average Bonchev–Trinajstić information content (AvgIpc) is 2.63. The Morgan fingerprint density at radius 3 is 2.76 bits per heavy atom. The third-order valence-corrected chi connectivity index (χ3v) is 4.37. The summed E-state index contributed by atoms with van der Waals surface area (Å²) in [6, 6.07) is 14.7. The van der Waals surface area contributed by atoms with E-state index in [-0.39, 0.29) is 24.3 Å². The second kappa shape index (κ2) is 6.47. The van der Waals surface area contributed by atoms with Crippen molar-refractivity contribution in [1.29, 1.82) is 0 Å². The van der Waals surface area contributed by atoms with Crippen LogP contribution < -0.4 is 20.1 Å². The summed E-state index contributed by atoms with van der Waals surface area (Å²) < 4.78 is 11.3. The molecule has 0 bridgehead atoms. The highest BCUT2D eigenvalue weighted by atomic mass is 16.5. The van der Waals surface area contributed by atoms with Crippen LogP contribution in [-0.4, -0.2) is 24.5 Å². The summed E-state index contributed by atoms with van der Waals surface area (Å²) in [5.41, 5.74) is 1.59. The first-order valence-electron chi connectivity index (χ1n) is 8.28. The Labute approximate surface area is 145 Å². The highest BCUT2D eigenvalue weighted by Gasteiger charge is 2.31. The molecule has 2 heterocycles. The number of benzene rings is 2. The molecular formula is C19H18N2O4. The predicted octanol–water partition coefficient (Wildman–Crippen LogP) is 2.42. The summed E-state index contributed by atoms with van der Waals surface area (Å²) in [6.07, 6.45) is -0.159. The minimum atomic E-state index is -0.829. The van der Waals surface area contributed by atoms with Crippen molar-refractivity contribution in [1.82, 2.24) is 5.32 Å². The van der Waals surface area contributed by atoms with Crippen LogP contribution in [0.2, 0.25) is 0 Å². The molecule has 2 aliphatic heterocycles. The third-order valence-electron chi connectivity index (χ3n) is 4.37. The molecule has 2 aromatic carbocycles. The average molecular weight is 338 g/mol. The summed E-state index contributed by atoms with van der Waals surface area (Å²) in [7, 11) is 0. The van der Waals surface area contributed by atoms with Crippen molar-refractivity contribution >= 4 is 17.5 Å². The van der Waals surface area contributed by atoms with Gasteiger partial charge in [-0.25, -0.2) is 0 Å². The van der Waals surface area contributed by atoms with E-state index in [0.717, 1.165) is 11.3 Å². The van der Waals surface area contributed by atoms with E-state index in [9.17, 15) is 9.59 Å². The number of amides is 2. The van der Waals surface area contributed by atoms with Gasteiger partial charge in [0.1, 0.15) is 11.5 Å². The number of ether oxygens (including phenoxy) is 2. The van der Waals surface area contributed by atoms with Gasteiger partial charge in [0.05, 0.1) is 24.8 Å². The van der Waals surface area contributed by atoms with Gasteiger partial charge in [-0.05, 0) is 18.2 Å². The first-order valence-corrected chi connectivity index (χ1v) is 8.28. The van der Waals surface area contributed by atoms with Gasteiger partial charge in [-0.2, -0.15) is 0 Å². The van der Waals surface area contributed by atoms with Gasteiger partial charge in [0.15, 0.2) is 6.10 Å². The largest absolute Gasteiger partial charge is 0.493 e. The van der Waals surface area contributed by atoms with Crippen molar-refractivity contribution < 1.29 is 19.1 Å². The maximum Gasteiger partial charge on any atom is 0.266 e. The molecule has 0 fully saturated rings. The van der Waals surface area contributed by atoms with Crippen molar-refractivity contribution in [3.8, 4) is 11.5 Å². The van der Waals surface area contributed by atoms with Gasteiger partial charge in [0, 0.05) is 12.0 Å². The lowest BCUT2D eigenvalue weighted by molar-refractivity contribution is -0.131. The number of carbonyl (C=O) groups is 2. The third kappa shape index (κ3) is 3.15. The van der Waals surface area contributed by atoms with E-state index in [1.54, 1.807) is 12.1 Å². The van der Waals surface area contributed by atoms with Crippen molar-refractivity contribution in [2.45, 2.75) is 25.0 Å². The highest BCUT2D eigenvalue weighted by Crippen LogP contribution is 2.32. The van der Waals surface area contributed by atoms with Crippen LogP contribution >= 0.6 is 0 Å². The molecule has 2 amide bonds. The van der Waals surface area contributed by atoms with Crippen LogP contribution in [-0.2, 0) is 9.59 Å². The lowest BCUT2D eigenvalue weighted by Gasteiger charge is -2.28. The van der Waals surface area contributed by atoms with Gasteiger partial charge in [0.2, 0.25) is 5.91 Å². The van der Waals surface area contributed by atoms with E-state index in [0.29, 0.717) is 24.5 Å². The van der Waals surface area contributed by atoms with Gasteiger partial charge in [0.25, 0.3) is 5.91 Å². The summed E-state index contributed by atoms with van der Waals surface area (Å²) in [5, 5.41) is 5.76. The van der Waals surface area contributed by atoms with E-state index in [1.807, 2.05) is 36.4 Å². The smallest absolute Gasteiger partial charge is 0.266 e. The van der Waals surface area contributed by atoms with Crippen LogP contribution in [0.1, 0.15) is 24.4 Å². The topological polar surface area (TPSA) is 76.7 Å². The Hall–Kier alpha value is -3.02. The molecule has 6 nitrogen and oxygen atoms in total. The van der Waals surface area contributed by atoms with Crippen molar-refractivity contribution in [3.05, 3.63) is 54.1 Å². The first kappa shape index (κ1) is 15.5. The van der Waals surface area contributed by atoms with Crippen LogP contribution in [0.3, 0.4) is 0 Å². The number of para-hydroxylation sites is 3. The molecule has 0 saturated carbocycles. The summed E-state index contributed by atoms with van der Waals surface area (Å²) in [4.78, 5) is 24.6. The minimum Gasteiger partial charge on any atom is -0.493 e. The van der Waals surface area contributed by atoms with Gasteiger partial charge < -0.3 is 20.1 Å². The summed E-state index contributed by atoms with van der Waals surface area (Å²) in [5.74, 6) is 0.846. The lowest BCUT2D eigenvalue weighted by Crippen LogP contribution is -2.42. The zero-order valence-electron chi connectivity index (χ0n) is 13.5. The molecule has 2 aliphatic rings. The van der Waals surface area contributed by atoms with Gasteiger partial charge in [-0.15, -0.1) is 0 Å². The molecule has 0 radical (unpaired) electrons. The quantitative estimate of drug-likeness (QED) is 0.901. The molecule has 2 atom stereocenters. The highest BCUT2D eigenvalue weighted by molar-refractivity contribution is 5.99. The fraction of sp³-hybridized carbons (Fsp3) is 0.263. The van der Waals surface area contributed by atoms with Crippen LogP contribution in [0.5, 0.6) is 11.5 Å². The Morgan fingerprint density at radius 1 is 1.12 bits per heavy atom. The van der Waals surface area contributed by atoms with Crippen LogP contribution in [0.15, 0.2) is 48.5 Å². The zero-order chi connectivity index (χ0) is 17.2. The molecule has 0 unspecified atom stereocenters. The van der Waals surface area contributed by atoms with E-state index < -0.39 is 6.10 Å². The number of carbonyl (C=O) groups excluding carboxylic acids is 2. The Kier molecular flexibility index (Phi) is 4.01. The molecule has 6 heteroatoms. The SMILES string of the molecule is O=C(C[C@@H]1Oc2ccccc2NC1=O)N[C@H]1CCOc2ccccc21. The number of fused-ring (bicyclic) bond motifs is 2. The summed E-state index contributed by atoms with van der Waals surface area (Å²) in [6.45, 7) is 0.551. The first-order chi connectivity index (χ1) is 12.2. The fourth-order valence-electron chi connectivity index (χ4n) is 3.14. The van der Waals surface area contributed by atoms with Gasteiger partial charge in [-0.1, -0.05) is 30.3 Å². The van der Waals surface area contributed by atoms with Crippen molar-refractivity contribution in [2.24, 2.45) is 0 Å². The number of hydrogen-bond acceptors (Lipinski definition) is 4. The van der Waals surface area contributed by atoms with E-state index in [4.69, 9.17) is 9.47 Å². The standard InChI is InChI=1S/C19H18N2O4/c22-18(20-13-9-10-24-15-7-3-1-5-12(13)15)11-17-19(23)21-14-6-2-4-8-16(14)25-17/h1-8,13,17H,9-11H2,(H,20,22)(H,21,23)/t13-,17-/m0/s1. The molecule has 0 aliphatic carbocycles. The Bertz CT molecular complexity index is 821. The second-order valence-corrected chi connectivity index (χ2v) is 6.09. The van der Waals surface area contributed by atoms with E-state index in [1.165, 1.54) is 0 Å². The number of nitrogens with one attached hydrogen (secondary N) is 2. The van der Waals surface area contributed by atoms with Crippen LogP contribution in [0.25, 0.3) is 0 Å². The molecule has 4 rings (SSSR count). The minimum absolute atomic E-state index is 0.0281.